The number of aryl methyl sites for hydroxylation is 1. The summed E-state index contributed by atoms with van der Waals surface area (Å²) in [6, 6.07) is 1.24. The minimum Gasteiger partial charge on any atom is -0.480 e. The Kier molecular flexibility index (Phi) is 4.60. The fourth-order valence-electron chi connectivity index (χ4n) is 2.36. The molecule has 0 aromatic carbocycles. The number of aliphatic carboxylic acids is 1. The topological polar surface area (TPSA) is 66.4 Å². The Bertz CT molecular complexity index is 523. The molecule has 0 spiro atoms. The van der Waals surface area contributed by atoms with Gasteiger partial charge in [-0.05, 0) is 43.2 Å². The maximum atomic E-state index is 12.1. The molecule has 0 radical (unpaired) electrons. The van der Waals surface area contributed by atoms with Crippen molar-refractivity contribution >= 4 is 23.2 Å². The van der Waals surface area contributed by atoms with Crippen LogP contribution in [-0.2, 0) is 9.59 Å². The third-order valence-corrected chi connectivity index (χ3v) is 4.79. The van der Waals surface area contributed by atoms with E-state index in [9.17, 15) is 9.59 Å². The van der Waals surface area contributed by atoms with Crippen molar-refractivity contribution in [3.8, 4) is 0 Å². The van der Waals surface area contributed by atoms with Crippen molar-refractivity contribution in [3.63, 3.8) is 0 Å². The van der Waals surface area contributed by atoms with Crippen LogP contribution in [0.1, 0.15) is 35.6 Å². The highest BCUT2D eigenvalue weighted by Crippen LogP contribution is 2.50. The zero-order valence-corrected chi connectivity index (χ0v) is 12.3. The lowest BCUT2D eigenvalue weighted by atomic mass is 10.1. The predicted octanol–water partition coefficient (Wildman–Crippen LogP) is 2.70. The normalized spacial score (nSPS) is 22.1. The quantitative estimate of drug-likeness (QED) is 0.760. The average Bonchev–Trinajstić information content (AvgIpc) is 3.09. The van der Waals surface area contributed by atoms with Crippen LogP contribution in [0.5, 0.6) is 0 Å². The Balaban J connectivity index is 1.91. The van der Waals surface area contributed by atoms with Crippen LogP contribution in [0.4, 0.5) is 0 Å². The summed E-state index contributed by atoms with van der Waals surface area (Å²) >= 11 is 1.67. The van der Waals surface area contributed by atoms with Crippen molar-refractivity contribution in [2.45, 2.75) is 38.1 Å². The number of thiophene rings is 1. The first kappa shape index (κ1) is 14.8. The van der Waals surface area contributed by atoms with Gasteiger partial charge in [-0.1, -0.05) is 6.08 Å². The van der Waals surface area contributed by atoms with E-state index in [-0.39, 0.29) is 17.7 Å². The maximum Gasteiger partial charge on any atom is 0.326 e. The predicted molar refractivity (Wildman–Crippen MR) is 78.9 cm³/mol. The number of carboxylic acid groups (broad SMARTS) is 1. The van der Waals surface area contributed by atoms with Crippen LogP contribution in [-0.4, -0.2) is 23.0 Å². The highest BCUT2D eigenvalue weighted by Gasteiger charge is 2.46. The van der Waals surface area contributed by atoms with Gasteiger partial charge in [-0.25, -0.2) is 4.79 Å². The molecule has 1 amide bonds. The first-order valence-electron chi connectivity index (χ1n) is 6.72. The summed E-state index contributed by atoms with van der Waals surface area (Å²) in [5.74, 6) is -0.925. The largest absolute Gasteiger partial charge is 0.480 e. The van der Waals surface area contributed by atoms with E-state index in [0.717, 1.165) is 6.42 Å². The van der Waals surface area contributed by atoms with E-state index < -0.39 is 12.0 Å². The molecule has 0 bridgehead atoms. The van der Waals surface area contributed by atoms with E-state index in [1.54, 1.807) is 17.4 Å². The summed E-state index contributed by atoms with van der Waals surface area (Å²) < 4.78 is 0. The standard InChI is InChI=1S/C15H19NO3S/c1-3-4-5-12(15(18)19)16-14(17)11-8-10(11)13-9(2)6-7-20-13/h3,6-7,10-12H,1,4-5,8H2,2H3,(H,16,17)(H,18,19). The van der Waals surface area contributed by atoms with Gasteiger partial charge in [0.15, 0.2) is 0 Å². The monoisotopic (exact) mass is 293 g/mol. The van der Waals surface area contributed by atoms with Gasteiger partial charge in [0, 0.05) is 16.7 Å². The Morgan fingerprint density at radius 3 is 2.95 bits per heavy atom. The van der Waals surface area contributed by atoms with Gasteiger partial charge in [0.2, 0.25) is 5.91 Å². The summed E-state index contributed by atoms with van der Waals surface area (Å²) in [6.07, 6.45) is 3.45. The number of hydrogen-bond donors (Lipinski definition) is 2. The molecule has 108 valence electrons. The number of carbonyl (C=O) groups excluding carboxylic acids is 1. The van der Waals surface area contributed by atoms with Crippen LogP contribution in [0.25, 0.3) is 0 Å². The van der Waals surface area contributed by atoms with Crippen LogP contribution in [0.2, 0.25) is 0 Å². The van der Waals surface area contributed by atoms with Gasteiger partial charge in [-0.2, -0.15) is 0 Å². The lowest BCUT2D eigenvalue weighted by molar-refractivity contribution is -0.142. The number of allylic oxidation sites excluding steroid dienone is 1. The van der Waals surface area contributed by atoms with Crippen LogP contribution in [0.15, 0.2) is 24.1 Å². The lowest BCUT2D eigenvalue weighted by Gasteiger charge is -2.13. The maximum absolute atomic E-state index is 12.1. The second kappa shape index (κ2) is 6.22. The SMILES string of the molecule is C=CCCC(NC(=O)C1CC1c1sccc1C)C(=O)O. The number of carbonyl (C=O) groups is 2. The van der Waals surface area contributed by atoms with Gasteiger partial charge in [0.25, 0.3) is 0 Å². The number of rotatable bonds is 7. The molecule has 0 saturated heterocycles. The molecule has 0 aliphatic heterocycles. The van der Waals surface area contributed by atoms with E-state index in [4.69, 9.17) is 5.11 Å². The van der Waals surface area contributed by atoms with E-state index >= 15 is 0 Å². The minimum absolute atomic E-state index is 0.0714. The van der Waals surface area contributed by atoms with Gasteiger partial charge in [-0.3, -0.25) is 4.79 Å². The highest BCUT2D eigenvalue weighted by atomic mass is 32.1. The number of amides is 1. The molecule has 1 aromatic heterocycles. The summed E-state index contributed by atoms with van der Waals surface area (Å²) in [5.41, 5.74) is 1.22. The summed E-state index contributed by atoms with van der Waals surface area (Å²) in [5, 5.41) is 13.8. The van der Waals surface area contributed by atoms with Gasteiger partial charge in [0.1, 0.15) is 6.04 Å². The molecule has 3 atom stereocenters. The minimum atomic E-state index is -0.982. The number of nitrogens with one attached hydrogen (secondary N) is 1. The van der Waals surface area contributed by atoms with E-state index in [1.165, 1.54) is 10.4 Å². The Labute approximate surface area is 122 Å². The molecule has 1 aliphatic carbocycles. The third-order valence-electron chi connectivity index (χ3n) is 3.64. The molecule has 20 heavy (non-hydrogen) atoms. The molecule has 5 heteroatoms. The zero-order chi connectivity index (χ0) is 14.7. The Hall–Kier alpha value is -1.62. The molecule has 2 rings (SSSR count). The van der Waals surface area contributed by atoms with Crippen LogP contribution in [0, 0.1) is 12.8 Å². The van der Waals surface area contributed by atoms with Crippen molar-refractivity contribution < 1.29 is 14.7 Å². The van der Waals surface area contributed by atoms with Crippen molar-refractivity contribution in [1.82, 2.24) is 5.32 Å². The fraction of sp³-hybridized carbons (Fsp3) is 0.467. The van der Waals surface area contributed by atoms with Crippen LogP contribution >= 0.6 is 11.3 Å². The molecule has 1 aliphatic rings. The van der Waals surface area contributed by atoms with Crippen molar-refractivity contribution in [1.29, 1.82) is 0 Å². The summed E-state index contributed by atoms with van der Waals surface area (Å²) in [7, 11) is 0. The second-order valence-electron chi connectivity index (χ2n) is 5.18. The number of hydrogen-bond acceptors (Lipinski definition) is 3. The highest BCUT2D eigenvalue weighted by molar-refractivity contribution is 7.10. The summed E-state index contributed by atoms with van der Waals surface area (Å²) in [6.45, 7) is 5.61. The second-order valence-corrected chi connectivity index (χ2v) is 6.13. The smallest absolute Gasteiger partial charge is 0.326 e. The van der Waals surface area contributed by atoms with E-state index in [2.05, 4.69) is 18.0 Å². The van der Waals surface area contributed by atoms with Crippen LogP contribution in [0.3, 0.4) is 0 Å². The molecule has 3 unspecified atom stereocenters. The van der Waals surface area contributed by atoms with Crippen molar-refractivity contribution in [2.75, 3.05) is 0 Å². The number of carboxylic acids is 1. The summed E-state index contributed by atoms with van der Waals surface area (Å²) in [4.78, 5) is 24.5. The van der Waals surface area contributed by atoms with E-state index in [1.807, 2.05) is 12.3 Å². The first-order valence-corrected chi connectivity index (χ1v) is 7.60. The molecule has 1 aromatic rings. The lowest BCUT2D eigenvalue weighted by Crippen LogP contribution is -2.41. The molecule has 4 nitrogen and oxygen atoms in total. The molecule has 2 N–H and O–H groups in total. The average molecular weight is 293 g/mol. The van der Waals surface area contributed by atoms with Crippen molar-refractivity contribution in [2.24, 2.45) is 5.92 Å². The van der Waals surface area contributed by atoms with Gasteiger partial charge >= 0.3 is 5.97 Å². The first-order chi connectivity index (χ1) is 9.54. The van der Waals surface area contributed by atoms with Gasteiger partial charge < -0.3 is 10.4 Å². The van der Waals surface area contributed by atoms with E-state index in [0.29, 0.717) is 12.8 Å². The third kappa shape index (κ3) is 3.28. The zero-order valence-electron chi connectivity index (χ0n) is 11.5. The Morgan fingerprint density at radius 2 is 2.40 bits per heavy atom. The van der Waals surface area contributed by atoms with Gasteiger partial charge in [-0.15, -0.1) is 17.9 Å². The molecule has 1 heterocycles. The van der Waals surface area contributed by atoms with Crippen molar-refractivity contribution in [3.05, 3.63) is 34.5 Å². The van der Waals surface area contributed by atoms with Gasteiger partial charge in [0.05, 0.1) is 0 Å². The van der Waals surface area contributed by atoms with Crippen LogP contribution < -0.4 is 5.32 Å². The molecule has 1 fully saturated rings. The molecular formula is C15H19NO3S. The molecular weight excluding hydrogens is 274 g/mol. The Morgan fingerprint density at radius 1 is 1.65 bits per heavy atom. The molecule has 1 saturated carbocycles. The fourth-order valence-corrected chi connectivity index (χ4v) is 3.47.